The van der Waals surface area contributed by atoms with E-state index in [-0.39, 0.29) is 0 Å². The molecule has 0 saturated heterocycles. The van der Waals surface area contributed by atoms with Gasteiger partial charge in [0.15, 0.2) is 0 Å². The standard InChI is InChI=1S/C14H14Cl2N2O/c15-13-7-6-11(14(16)18-13)8-17-9-12(19)10-4-2-1-3-5-10/h1-7,12,17,19H,8-9H2/t12-/m1/s1. The van der Waals surface area contributed by atoms with Crippen LogP contribution in [0.4, 0.5) is 0 Å². The summed E-state index contributed by atoms with van der Waals surface area (Å²) >= 11 is 11.7. The van der Waals surface area contributed by atoms with E-state index in [1.807, 2.05) is 36.4 Å². The van der Waals surface area contributed by atoms with E-state index in [4.69, 9.17) is 23.2 Å². The predicted octanol–water partition coefficient (Wildman–Crippen LogP) is 3.21. The number of pyridine rings is 1. The van der Waals surface area contributed by atoms with Crippen LogP contribution >= 0.6 is 23.2 Å². The molecule has 0 radical (unpaired) electrons. The highest BCUT2D eigenvalue weighted by atomic mass is 35.5. The minimum atomic E-state index is -0.541. The number of halogens is 2. The molecule has 100 valence electrons. The predicted molar refractivity (Wildman–Crippen MR) is 77.4 cm³/mol. The van der Waals surface area contributed by atoms with Gasteiger partial charge in [0.2, 0.25) is 0 Å². The van der Waals surface area contributed by atoms with Gasteiger partial charge in [-0.05, 0) is 11.6 Å². The van der Waals surface area contributed by atoms with Gasteiger partial charge in [0.05, 0.1) is 6.10 Å². The lowest BCUT2D eigenvalue weighted by Crippen LogP contribution is -2.21. The Bertz CT molecular complexity index is 534. The van der Waals surface area contributed by atoms with Crippen LogP contribution in [0.1, 0.15) is 17.2 Å². The van der Waals surface area contributed by atoms with Crippen LogP contribution in [0.2, 0.25) is 10.3 Å². The van der Waals surface area contributed by atoms with Crippen molar-refractivity contribution in [3.8, 4) is 0 Å². The van der Waals surface area contributed by atoms with Gasteiger partial charge in [0.1, 0.15) is 10.3 Å². The third-order valence-electron chi connectivity index (χ3n) is 2.73. The zero-order valence-electron chi connectivity index (χ0n) is 10.2. The number of nitrogens with one attached hydrogen (secondary N) is 1. The Balaban J connectivity index is 1.86. The number of rotatable bonds is 5. The van der Waals surface area contributed by atoms with E-state index < -0.39 is 6.10 Å². The number of aliphatic hydroxyl groups is 1. The van der Waals surface area contributed by atoms with Crippen LogP contribution in [0.3, 0.4) is 0 Å². The van der Waals surface area contributed by atoms with E-state index in [0.717, 1.165) is 11.1 Å². The number of aromatic nitrogens is 1. The molecular weight excluding hydrogens is 283 g/mol. The second-order valence-electron chi connectivity index (χ2n) is 4.14. The zero-order chi connectivity index (χ0) is 13.7. The summed E-state index contributed by atoms with van der Waals surface area (Å²) in [5, 5.41) is 13.9. The third kappa shape index (κ3) is 4.18. The van der Waals surface area contributed by atoms with E-state index in [1.165, 1.54) is 0 Å². The van der Waals surface area contributed by atoms with E-state index in [1.54, 1.807) is 6.07 Å². The fourth-order valence-corrected chi connectivity index (χ4v) is 2.12. The van der Waals surface area contributed by atoms with Crippen molar-refractivity contribution in [2.45, 2.75) is 12.6 Å². The summed E-state index contributed by atoms with van der Waals surface area (Å²) in [6.45, 7) is 0.982. The van der Waals surface area contributed by atoms with Crippen molar-refractivity contribution in [1.82, 2.24) is 10.3 Å². The van der Waals surface area contributed by atoms with Crippen LogP contribution in [-0.2, 0) is 6.54 Å². The highest BCUT2D eigenvalue weighted by Crippen LogP contribution is 2.17. The van der Waals surface area contributed by atoms with Crippen LogP contribution in [0, 0.1) is 0 Å². The maximum Gasteiger partial charge on any atom is 0.135 e. The number of nitrogens with zero attached hydrogens (tertiary/aromatic N) is 1. The maximum absolute atomic E-state index is 9.98. The molecule has 0 saturated carbocycles. The molecule has 0 amide bonds. The van der Waals surface area contributed by atoms with Gasteiger partial charge in [0, 0.05) is 18.7 Å². The highest BCUT2D eigenvalue weighted by Gasteiger charge is 2.07. The first-order chi connectivity index (χ1) is 9.16. The molecule has 19 heavy (non-hydrogen) atoms. The first kappa shape index (κ1) is 14.3. The average molecular weight is 297 g/mol. The molecule has 5 heteroatoms. The molecule has 0 bridgehead atoms. The molecule has 1 heterocycles. The number of aliphatic hydroxyl groups excluding tert-OH is 1. The maximum atomic E-state index is 9.98. The minimum Gasteiger partial charge on any atom is -0.387 e. The Morgan fingerprint density at radius 3 is 2.53 bits per heavy atom. The van der Waals surface area contributed by atoms with Crippen molar-refractivity contribution in [1.29, 1.82) is 0 Å². The Morgan fingerprint density at radius 2 is 1.84 bits per heavy atom. The quantitative estimate of drug-likeness (QED) is 0.833. The lowest BCUT2D eigenvalue weighted by atomic mass is 10.1. The highest BCUT2D eigenvalue weighted by molar-refractivity contribution is 6.32. The van der Waals surface area contributed by atoms with Crippen molar-refractivity contribution < 1.29 is 5.11 Å². The van der Waals surface area contributed by atoms with Gasteiger partial charge >= 0.3 is 0 Å². The fourth-order valence-electron chi connectivity index (χ4n) is 1.71. The van der Waals surface area contributed by atoms with Gasteiger partial charge in [0.25, 0.3) is 0 Å². The van der Waals surface area contributed by atoms with Gasteiger partial charge in [-0.15, -0.1) is 0 Å². The molecule has 0 aliphatic heterocycles. The normalized spacial score (nSPS) is 12.4. The number of hydrogen-bond acceptors (Lipinski definition) is 3. The smallest absolute Gasteiger partial charge is 0.135 e. The number of hydrogen-bond donors (Lipinski definition) is 2. The first-order valence-electron chi connectivity index (χ1n) is 5.91. The Morgan fingerprint density at radius 1 is 1.11 bits per heavy atom. The second-order valence-corrected chi connectivity index (χ2v) is 4.89. The lowest BCUT2D eigenvalue weighted by Gasteiger charge is -2.12. The van der Waals surface area contributed by atoms with Gasteiger partial charge in [-0.2, -0.15) is 0 Å². The van der Waals surface area contributed by atoms with Crippen molar-refractivity contribution in [3.63, 3.8) is 0 Å². The minimum absolute atomic E-state index is 0.373. The van der Waals surface area contributed by atoms with E-state index in [2.05, 4.69) is 10.3 Å². The van der Waals surface area contributed by atoms with Crippen LogP contribution in [0.5, 0.6) is 0 Å². The molecule has 0 fully saturated rings. The summed E-state index contributed by atoms with van der Waals surface area (Å²) in [6.07, 6.45) is -0.541. The third-order valence-corrected chi connectivity index (χ3v) is 3.27. The van der Waals surface area contributed by atoms with Gasteiger partial charge in [-0.3, -0.25) is 0 Å². The van der Waals surface area contributed by atoms with E-state index in [0.29, 0.717) is 23.4 Å². The largest absolute Gasteiger partial charge is 0.387 e. The molecule has 1 aromatic heterocycles. The summed E-state index contributed by atoms with van der Waals surface area (Å²) in [5.41, 5.74) is 1.74. The van der Waals surface area contributed by atoms with E-state index >= 15 is 0 Å². The molecule has 0 aliphatic carbocycles. The molecule has 0 spiro atoms. The van der Waals surface area contributed by atoms with Crippen LogP contribution in [0.15, 0.2) is 42.5 Å². The molecule has 3 nitrogen and oxygen atoms in total. The topological polar surface area (TPSA) is 45.1 Å². The van der Waals surface area contributed by atoms with Gasteiger partial charge < -0.3 is 10.4 Å². The summed E-state index contributed by atoms with van der Waals surface area (Å²) in [7, 11) is 0. The van der Waals surface area contributed by atoms with Crippen LogP contribution in [-0.4, -0.2) is 16.6 Å². The van der Waals surface area contributed by atoms with Gasteiger partial charge in [-0.1, -0.05) is 59.6 Å². The van der Waals surface area contributed by atoms with Crippen LogP contribution < -0.4 is 5.32 Å². The zero-order valence-corrected chi connectivity index (χ0v) is 11.7. The fraction of sp³-hybridized carbons (Fsp3) is 0.214. The van der Waals surface area contributed by atoms with Crippen molar-refractivity contribution >= 4 is 23.2 Å². The second kappa shape index (κ2) is 6.87. The molecule has 2 N–H and O–H groups in total. The monoisotopic (exact) mass is 296 g/mol. The lowest BCUT2D eigenvalue weighted by molar-refractivity contribution is 0.174. The molecule has 1 atom stereocenters. The number of benzene rings is 1. The average Bonchev–Trinajstić information content (AvgIpc) is 2.42. The molecule has 2 rings (SSSR count). The SMILES string of the molecule is O[C@H](CNCc1ccc(Cl)nc1Cl)c1ccccc1. The van der Waals surface area contributed by atoms with Crippen molar-refractivity contribution in [3.05, 3.63) is 63.9 Å². The van der Waals surface area contributed by atoms with Crippen LogP contribution in [0.25, 0.3) is 0 Å². The summed E-state index contributed by atoms with van der Waals surface area (Å²) < 4.78 is 0. The summed E-state index contributed by atoms with van der Waals surface area (Å²) in [4.78, 5) is 3.96. The molecule has 0 aliphatic rings. The molecular formula is C14H14Cl2N2O. The van der Waals surface area contributed by atoms with Crippen molar-refractivity contribution in [2.24, 2.45) is 0 Å². The Labute approximate surface area is 122 Å². The molecule has 1 aromatic carbocycles. The summed E-state index contributed by atoms with van der Waals surface area (Å²) in [5.74, 6) is 0. The van der Waals surface area contributed by atoms with Crippen molar-refractivity contribution in [2.75, 3.05) is 6.54 Å². The van der Waals surface area contributed by atoms with E-state index in [9.17, 15) is 5.11 Å². The molecule has 2 aromatic rings. The summed E-state index contributed by atoms with van der Waals surface area (Å²) in [6, 6.07) is 13.0. The van der Waals surface area contributed by atoms with Gasteiger partial charge in [-0.25, -0.2) is 4.98 Å². The molecule has 0 unspecified atom stereocenters. The Hall–Kier alpha value is -1.13. The Kier molecular flexibility index (Phi) is 5.16. The first-order valence-corrected chi connectivity index (χ1v) is 6.67.